The van der Waals surface area contributed by atoms with Gasteiger partial charge in [0.1, 0.15) is 0 Å². The zero-order valence-electron chi connectivity index (χ0n) is 12.9. The van der Waals surface area contributed by atoms with Crippen molar-refractivity contribution >= 4 is 23.1 Å². The van der Waals surface area contributed by atoms with Gasteiger partial charge in [0.25, 0.3) is 0 Å². The van der Waals surface area contributed by atoms with Gasteiger partial charge in [0.15, 0.2) is 0 Å². The van der Waals surface area contributed by atoms with Crippen molar-refractivity contribution in [3.05, 3.63) is 28.5 Å². The lowest BCUT2D eigenvalue weighted by molar-refractivity contribution is 0.555. The van der Waals surface area contributed by atoms with E-state index < -0.39 is 7.14 Å². The number of hydrogen-bond acceptors (Lipinski definition) is 2. The van der Waals surface area contributed by atoms with E-state index in [1.54, 1.807) is 0 Å². The van der Waals surface area contributed by atoms with Gasteiger partial charge in [-0.15, -0.1) is 0 Å². The lowest BCUT2D eigenvalue weighted by Gasteiger charge is -2.27. The third kappa shape index (κ3) is 4.70. The molecule has 0 aromatic carbocycles. The molecule has 0 N–H and O–H groups in total. The summed E-state index contributed by atoms with van der Waals surface area (Å²) >= 11 is 3.58. The molecule has 20 heavy (non-hydrogen) atoms. The van der Waals surface area contributed by atoms with Crippen LogP contribution in [0.2, 0.25) is 0 Å². The molecule has 0 spiro atoms. The lowest BCUT2D eigenvalue weighted by atomic mass is 10.2. The van der Waals surface area contributed by atoms with Crippen molar-refractivity contribution in [2.45, 2.75) is 58.5 Å². The van der Waals surface area contributed by atoms with E-state index in [4.69, 9.17) is 0 Å². The minimum absolute atomic E-state index is 0.108. The summed E-state index contributed by atoms with van der Waals surface area (Å²) in [4.78, 5) is 4.51. The van der Waals surface area contributed by atoms with Crippen LogP contribution in [0.5, 0.6) is 0 Å². The van der Waals surface area contributed by atoms with E-state index in [0.717, 1.165) is 54.6 Å². The van der Waals surface area contributed by atoms with Gasteiger partial charge in [-0.2, -0.15) is 0 Å². The Hall–Kier alpha value is -0.140. The highest BCUT2D eigenvalue weighted by Crippen LogP contribution is 2.62. The zero-order valence-corrected chi connectivity index (χ0v) is 15.4. The van der Waals surface area contributed by atoms with Crippen molar-refractivity contribution in [1.29, 1.82) is 0 Å². The molecule has 1 unspecified atom stereocenters. The second kappa shape index (κ2) is 9.00. The second-order valence-corrected chi connectivity index (χ2v) is 9.68. The van der Waals surface area contributed by atoms with E-state index in [-0.39, 0.29) is 5.66 Å². The number of hydrogen-bond donors (Lipinski definition) is 0. The molecule has 0 aliphatic heterocycles. The van der Waals surface area contributed by atoms with Gasteiger partial charge in [-0.3, -0.25) is 4.98 Å². The molecule has 0 fully saturated rings. The summed E-state index contributed by atoms with van der Waals surface area (Å²) in [5, 5.41) is 0. The minimum atomic E-state index is -2.20. The average molecular weight is 360 g/mol. The van der Waals surface area contributed by atoms with Crippen molar-refractivity contribution in [2.75, 3.05) is 12.3 Å². The first-order valence-electron chi connectivity index (χ1n) is 7.77. The minimum Gasteiger partial charge on any atom is -0.323 e. The summed E-state index contributed by atoms with van der Waals surface area (Å²) in [5.41, 5.74) is 1.10. The third-order valence-corrected chi connectivity index (χ3v) is 8.40. The number of rotatable bonds is 9. The van der Waals surface area contributed by atoms with E-state index in [1.807, 2.05) is 18.3 Å². The van der Waals surface area contributed by atoms with Crippen molar-refractivity contribution in [3.63, 3.8) is 0 Å². The second-order valence-electron chi connectivity index (χ2n) is 5.40. The predicted molar refractivity (Wildman–Crippen MR) is 92.1 cm³/mol. The fourth-order valence-corrected chi connectivity index (χ4v) is 7.24. The molecule has 0 saturated heterocycles. The van der Waals surface area contributed by atoms with Crippen LogP contribution in [0.25, 0.3) is 0 Å². The SMILES string of the molecule is CCCCP(=O)(CCCC)C(CC)c1ncccc1Br. The Balaban J connectivity index is 3.07. The fraction of sp³-hybridized carbons (Fsp3) is 0.688. The van der Waals surface area contributed by atoms with Crippen molar-refractivity contribution in [1.82, 2.24) is 4.98 Å². The van der Waals surface area contributed by atoms with Crippen LogP contribution in [-0.4, -0.2) is 17.3 Å². The molecule has 1 aromatic heterocycles. The standard InChI is InChI=1S/C16H27BrNOP/c1-4-7-12-20(19,13-8-5-2)15(6-3)16-14(17)10-9-11-18-16/h9-11,15H,4-8,12-13H2,1-3H3. The van der Waals surface area contributed by atoms with E-state index in [0.29, 0.717) is 0 Å². The van der Waals surface area contributed by atoms with Crippen LogP contribution in [0.3, 0.4) is 0 Å². The monoisotopic (exact) mass is 359 g/mol. The van der Waals surface area contributed by atoms with Gasteiger partial charge >= 0.3 is 0 Å². The van der Waals surface area contributed by atoms with Crippen LogP contribution in [0, 0.1) is 0 Å². The van der Waals surface area contributed by atoms with E-state index in [2.05, 4.69) is 41.7 Å². The first-order valence-corrected chi connectivity index (χ1v) is 10.7. The highest BCUT2D eigenvalue weighted by atomic mass is 79.9. The Bertz CT molecular complexity index is 438. The van der Waals surface area contributed by atoms with Crippen molar-refractivity contribution < 1.29 is 4.57 Å². The average Bonchev–Trinajstić information content (AvgIpc) is 2.46. The summed E-state index contributed by atoms with van der Waals surface area (Å²) in [6.07, 6.45) is 8.78. The Kier molecular flexibility index (Phi) is 8.06. The molecule has 0 radical (unpaired) electrons. The highest BCUT2D eigenvalue weighted by Gasteiger charge is 2.33. The molecule has 0 saturated carbocycles. The molecule has 1 atom stereocenters. The summed E-state index contributed by atoms with van der Waals surface area (Å²) in [6.45, 7) is 6.47. The Morgan fingerprint density at radius 3 is 2.25 bits per heavy atom. The van der Waals surface area contributed by atoms with Gasteiger partial charge in [-0.05, 0) is 47.3 Å². The summed E-state index contributed by atoms with van der Waals surface area (Å²) in [7, 11) is -2.20. The van der Waals surface area contributed by atoms with Crippen LogP contribution in [0.4, 0.5) is 0 Å². The van der Waals surface area contributed by atoms with Gasteiger partial charge in [-0.1, -0.05) is 33.6 Å². The molecule has 0 bridgehead atoms. The quantitative estimate of drug-likeness (QED) is 0.487. The molecular weight excluding hydrogens is 333 g/mol. The number of nitrogens with zero attached hydrogens (tertiary/aromatic N) is 1. The maximum atomic E-state index is 13.6. The van der Waals surface area contributed by atoms with Gasteiger partial charge in [0.2, 0.25) is 0 Å². The molecule has 1 rings (SSSR count). The normalized spacial score (nSPS) is 13.4. The summed E-state index contributed by atoms with van der Waals surface area (Å²) in [5.74, 6) is 0. The topological polar surface area (TPSA) is 30.0 Å². The van der Waals surface area contributed by atoms with Crippen molar-refractivity contribution in [2.24, 2.45) is 0 Å². The van der Waals surface area contributed by atoms with Crippen LogP contribution < -0.4 is 0 Å². The maximum Gasteiger partial charge on any atom is 0.0964 e. The van der Waals surface area contributed by atoms with Crippen LogP contribution in [0.15, 0.2) is 22.8 Å². The number of pyridine rings is 1. The molecule has 0 amide bonds. The molecule has 0 aliphatic carbocycles. The number of unbranched alkanes of at least 4 members (excludes halogenated alkanes) is 2. The van der Waals surface area contributed by atoms with E-state index in [9.17, 15) is 4.57 Å². The van der Waals surface area contributed by atoms with Crippen molar-refractivity contribution in [3.8, 4) is 0 Å². The smallest absolute Gasteiger partial charge is 0.0964 e. The molecule has 1 heterocycles. The lowest BCUT2D eigenvalue weighted by Crippen LogP contribution is -2.09. The maximum absolute atomic E-state index is 13.6. The molecule has 114 valence electrons. The number of halogens is 1. The van der Waals surface area contributed by atoms with E-state index >= 15 is 0 Å². The van der Waals surface area contributed by atoms with Gasteiger partial charge in [-0.25, -0.2) is 0 Å². The van der Waals surface area contributed by atoms with Crippen LogP contribution in [0.1, 0.15) is 64.2 Å². The first kappa shape index (κ1) is 17.9. The number of aromatic nitrogens is 1. The molecule has 4 heteroatoms. The van der Waals surface area contributed by atoms with Gasteiger partial charge in [0, 0.05) is 23.0 Å². The molecular formula is C16H27BrNOP. The van der Waals surface area contributed by atoms with Crippen LogP contribution >= 0.6 is 23.1 Å². The summed E-state index contributed by atoms with van der Waals surface area (Å²) in [6, 6.07) is 3.93. The van der Waals surface area contributed by atoms with E-state index in [1.165, 1.54) is 0 Å². The zero-order chi connectivity index (χ0) is 15.0. The predicted octanol–water partition coefficient (Wildman–Crippen LogP) is 6.26. The third-order valence-electron chi connectivity index (χ3n) is 3.84. The molecule has 1 aromatic rings. The highest BCUT2D eigenvalue weighted by molar-refractivity contribution is 9.10. The molecule has 2 nitrogen and oxygen atoms in total. The van der Waals surface area contributed by atoms with Gasteiger partial charge < -0.3 is 4.57 Å². The Morgan fingerprint density at radius 1 is 1.20 bits per heavy atom. The van der Waals surface area contributed by atoms with Gasteiger partial charge in [0.05, 0.1) is 18.5 Å². The van der Waals surface area contributed by atoms with Crippen LogP contribution in [-0.2, 0) is 4.57 Å². The summed E-state index contributed by atoms with van der Waals surface area (Å²) < 4.78 is 14.6. The Labute approximate surface area is 132 Å². The molecule has 0 aliphatic rings. The fourth-order valence-electron chi connectivity index (χ4n) is 2.67. The Morgan fingerprint density at radius 2 is 1.80 bits per heavy atom. The largest absolute Gasteiger partial charge is 0.323 e. The first-order chi connectivity index (χ1) is 9.59.